The summed E-state index contributed by atoms with van der Waals surface area (Å²) < 4.78 is 37.4. The second-order valence-corrected chi connectivity index (χ2v) is 5.87. The van der Waals surface area contributed by atoms with Crippen molar-refractivity contribution in [3.63, 3.8) is 0 Å². The van der Waals surface area contributed by atoms with Gasteiger partial charge in [0.05, 0.1) is 44.4 Å². The Morgan fingerprint density at radius 2 is 1.82 bits per heavy atom. The van der Waals surface area contributed by atoms with Gasteiger partial charge in [0, 0.05) is 7.11 Å². The molecule has 102 valence electrons. The first-order valence-corrected chi connectivity index (χ1v) is 7.10. The zero-order valence-corrected chi connectivity index (χ0v) is 11.3. The Morgan fingerprint density at radius 3 is 2.35 bits per heavy atom. The van der Waals surface area contributed by atoms with Crippen molar-refractivity contribution in [1.82, 2.24) is 0 Å². The number of rotatable bonds is 9. The van der Waals surface area contributed by atoms with Crippen LogP contribution in [0.4, 0.5) is 0 Å². The molecule has 17 heavy (non-hydrogen) atoms. The van der Waals surface area contributed by atoms with Gasteiger partial charge in [0.15, 0.2) is 9.84 Å². The van der Waals surface area contributed by atoms with Crippen molar-refractivity contribution in [3.05, 3.63) is 0 Å². The molecule has 0 aliphatic heterocycles. The first kappa shape index (κ1) is 16.3. The Labute approximate surface area is 102 Å². The van der Waals surface area contributed by atoms with Crippen LogP contribution < -0.4 is 0 Å². The van der Waals surface area contributed by atoms with E-state index in [9.17, 15) is 13.2 Å². The molecule has 0 fully saturated rings. The minimum Gasteiger partial charge on any atom is -0.469 e. The molecule has 0 N–H and O–H groups in total. The maximum Gasteiger partial charge on any atom is 0.309 e. The maximum absolute atomic E-state index is 11.6. The topological polar surface area (TPSA) is 78.9 Å². The number of hydrogen-bond donors (Lipinski definition) is 0. The van der Waals surface area contributed by atoms with Gasteiger partial charge in [0.1, 0.15) is 0 Å². The van der Waals surface area contributed by atoms with E-state index in [2.05, 4.69) is 4.74 Å². The fourth-order valence-corrected chi connectivity index (χ4v) is 2.60. The quantitative estimate of drug-likeness (QED) is 0.428. The zero-order valence-electron chi connectivity index (χ0n) is 10.5. The summed E-state index contributed by atoms with van der Waals surface area (Å²) in [5.74, 6) is -1.48. The van der Waals surface area contributed by atoms with Gasteiger partial charge in [0.25, 0.3) is 0 Å². The molecule has 0 saturated carbocycles. The molecule has 0 spiro atoms. The first-order chi connectivity index (χ1) is 7.93. The van der Waals surface area contributed by atoms with Crippen molar-refractivity contribution >= 4 is 15.8 Å². The predicted molar refractivity (Wildman–Crippen MR) is 62.5 cm³/mol. The molecule has 0 aromatic rings. The molecule has 0 bridgehead atoms. The summed E-state index contributed by atoms with van der Waals surface area (Å²) in [6.45, 7) is 2.42. The van der Waals surface area contributed by atoms with Crippen molar-refractivity contribution in [1.29, 1.82) is 0 Å². The zero-order chi connectivity index (χ0) is 13.3. The Hall–Kier alpha value is -0.660. The van der Waals surface area contributed by atoms with Gasteiger partial charge in [-0.1, -0.05) is 6.92 Å². The van der Waals surface area contributed by atoms with Crippen LogP contribution in [-0.4, -0.2) is 59.9 Å². The molecule has 0 aliphatic carbocycles. The lowest BCUT2D eigenvalue weighted by molar-refractivity contribution is -0.144. The van der Waals surface area contributed by atoms with Gasteiger partial charge < -0.3 is 14.2 Å². The maximum atomic E-state index is 11.6. The highest BCUT2D eigenvalue weighted by Gasteiger charge is 2.21. The van der Waals surface area contributed by atoms with Crippen LogP contribution in [0.15, 0.2) is 0 Å². The molecule has 0 amide bonds. The van der Waals surface area contributed by atoms with Crippen molar-refractivity contribution in [2.45, 2.75) is 6.92 Å². The molecule has 1 atom stereocenters. The minimum absolute atomic E-state index is 0.0992. The molecule has 0 aromatic heterocycles. The monoisotopic (exact) mass is 268 g/mol. The number of ether oxygens (including phenoxy) is 3. The fourth-order valence-electron chi connectivity index (χ4n) is 1.16. The van der Waals surface area contributed by atoms with Gasteiger partial charge >= 0.3 is 5.97 Å². The van der Waals surface area contributed by atoms with E-state index in [1.807, 2.05) is 0 Å². The van der Waals surface area contributed by atoms with Gasteiger partial charge in [-0.2, -0.15) is 0 Å². The molecule has 6 nitrogen and oxygen atoms in total. The first-order valence-electron chi connectivity index (χ1n) is 5.28. The van der Waals surface area contributed by atoms with E-state index in [0.29, 0.717) is 13.2 Å². The highest BCUT2D eigenvalue weighted by Crippen LogP contribution is 2.04. The molecular formula is C10H20O6S. The summed E-state index contributed by atoms with van der Waals surface area (Å²) in [6.07, 6.45) is 0. The Bertz CT molecular complexity index is 311. The van der Waals surface area contributed by atoms with Crippen LogP contribution in [0.1, 0.15) is 6.92 Å². The molecule has 0 saturated heterocycles. The molecule has 0 radical (unpaired) electrons. The van der Waals surface area contributed by atoms with Crippen molar-refractivity contribution in [2.75, 3.05) is 45.5 Å². The standard InChI is InChI=1S/C10H20O6S/c1-9(10(11)15-3)8-17(12,13)7-6-16-5-4-14-2/h9H,4-8H2,1-3H3. The van der Waals surface area contributed by atoms with Crippen LogP contribution in [0.25, 0.3) is 0 Å². The van der Waals surface area contributed by atoms with E-state index in [-0.39, 0.29) is 18.1 Å². The van der Waals surface area contributed by atoms with E-state index in [1.165, 1.54) is 21.1 Å². The fraction of sp³-hybridized carbons (Fsp3) is 0.900. The van der Waals surface area contributed by atoms with Crippen LogP contribution in [0.3, 0.4) is 0 Å². The number of hydrogen-bond acceptors (Lipinski definition) is 6. The van der Waals surface area contributed by atoms with Crippen molar-refractivity contribution in [3.8, 4) is 0 Å². The van der Waals surface area contributed by atoms with Crippen LogP contribution in [0, 0.1) is 5.92 Å². The van der Waals surface area contributed by atoms with Gasteiger partial charge in [-0.15, -0.1) is 0 Å². The lowest BCUT2D eigenvalue weighted by Crippen LogP contribution is -2.25. The lowest BCUT2D eigenvalue weighted by atomic mass is 10.2. The normalized spacial score (nSPS) is 13.4. The summed E-state index contributed by atoms with van der Waals surface area (Å²) >= 11 is 0. The van der Waals surface area contributed by atoms with E-state index < -0.39 is 21.7 Å². The smallest absolute Gasteiger partial charge is 0.309 e. The average Bonchev–Trinajstić information content (AvgIpc) is 2.26. The van der Waals surface area contributed by atoms with Crippen LogP contribution in [0.5, 0.6) is 0 Å². The van der Waals surface area contributed by atoms with E-state index >= 15 is 0 Å². The second-order valence-electron chi connectivity index (χ2n) is 3.64. The number of sulfone groups is 1. The van der Waals surface area contributed by atoms with E-state index in [4.69, 9.17) is 9.47 Å². The number of carbonyl (C=O) groups excluding carboxylic acids is 1. The van der Waals surface area contributed by atoms with E-state index in [0.717, 1.165) is 0 Å². The lowest BCUT2D eigenvalue weighted by Gasteiger charge is -2.10. The molecule has 0 heterocycles. The van der Waals surface area contributed by atoms with E-state index in [1.54, 1.807) is 0 Å². The second kappa shape index (κ2) is 8.43. The SMILES string of the molecule is COCCOCCS(=O)(=O)CC(C)C(=O)OC. The summed E-state index contributed by atoms with van der Waals surface area (Å²) in [7, 11) is -0.515. The highest BCUT2D eigenvalue weighted by molar-refractivity contribution is 7.91. The molecule has 0 aromatic carbocycles. The highest BCUT2D eigenvalue weighted by atomic mass is 32.2. The third kappa shape index (κ3) is 8.12. The Kier molecular flexibility index (Phi) is 8.11. The summed E-state index contributed by atoms with van der Waals surface area (Å²) in [5, 5.41) is 0. The Morgan fingerprint density at radius 1 is 1.18 bits per heavy atom. The average molecular weight is 268 g/mol. The van der Waals surface area contributed by atoms with Crippen molar-refractivity contribution in [2.24, 2.45) is 5.92 Å². The number of esters is 1. The number of methoxy groups -OCH3 is 2. The molecule has 1 unspecified atom stereocenters. The summed E-state index contributed by atoms with van der Waals surface area (Å²) in [6, 6.07) is 0. The van der Waals surface area contributed by atoms with Gasteiger partial charge in [0.2, 0.25) is 0 Å². The van der Waals surface area contributed by atoms with Gasteiger partial charge in [-0.3, -0.25) is 4.79 Å². The minimum atomic E-state index is -3.29. The molecule has 0 aliphatic rings. The molecule has 0 rings (SSSR count). The largest absolute Gasteiger partial charge is 0.469 e. The number of carbonyl (C=O) groups is 1. The van der Waals surface area contributed by atoms with Crippen LogP contribution in [0.2, 0.25) is 0 Å². The molecule has 7 heteroatoms. The summed E-state index contributed by atoms with van der Waals surface area (Å²) in [5.41, 5.74) is 0. The van der Waals surface area contributed by atoms with Crippen LogP contribution >= 0.6 is 0 Å². The predicted octanol–water partition coefficient (Wildman–Crippen LogP) is -0.127. The van der Waals surface area contributed by atoms with Crippen LogP contribution in [-0.2, 0) is 28.8 Å². The van der Waals surface area contributed by atoms with Gasteiger partial charge in [-0.25, -0.2) is 8.42 Å². The third-order valence-electron chi connectivity index (χ3n) is 2.08. The van der Waals surface area contributed by atoms with Crippen molar-refractivity contribution < 1.29 is 27.4 Å². The Balaban J connectivity index is 3.92. The third-order valence-corrected chi connectivity index (χ3v) is 3.87. The molecular weight excluding hydrogens is 248 g/mol. The van der Waals surface area contributed by atoms with Gasteiger partial charge in [-0.05, 0) is 0 Å². The summed E-state index contributed by atoms with van der Waals surface area (Å²) in [4.78, 5) is 11.1.